The van der Waals surface area contributed by atoms with Crippen LogP contribution in [0, 0.1) is 0 Å². The molecular weight excluding hydrogens is 312 g/mol. The van der Waals surface area contributed by atoms with E-state index < -0.39 is 0 Å². The minimum Gasteiger partial charge on any atom is -0.378 e. The van der Waals surface area contributed by atoms with Gasteiger partial charge in [-0.15, -0.1) is 0 Å². The van der Waals surface area contributed by atoms with Gasteiger partial charge in [0.15, 0.2) is 0 Å². The summed E-state index contributed by atoms with van der Waals surface area (Å²) in [5, 5.41) is 2.90. The van der Waals surface area contributed by atoms with E-state index in [2.05, 4.69) is 36.2 Å². The fraction of sp³-hybridized carbons (Fsp3) is 0.381. The third-order valence-electron chi connectivity index (χ3n) is 4.23. The molecule has 4 nitrogen and oxygen atoms in total. The number of nitrogens with zero attached hydrogens (tertiary/aromatic N) is 1. The van der Waals surface area contributed by atoms with Crippen LogP contribution in [-0.4, -0.2) is 50.2 Å². The van der Waals surface area contributed by atoms with Crippen LogP contribution < -0.4 is 5.32 Å². The molecule has 4 heteroatoms. The summed E-state index contributed by atoms with van der Waals surface area (Å²) < 4.78 is 5.57. The van der Waals surface area contributed by atoms with Crippen LogP contribution in [0.3, 0.4) is 0 Å². The summed E-state index contributed by atoms with van der Waals surface area (Å²) in [4.78, 5) is 14.5. The second kappa shape index (κ2) is 10.6. The van der Waals surface area contributed by atoms with Crippen molar-refractivity contribution in [2.24, 2.45) is 0 Å². The highest BCUT2D eigenvalue weighted by Crippen LogP contribution is 2.19. The zero-order chi connectivity index (χ0) is 17.9. The van der Waals surface area contributed by atoms with Crippen LogP contribution in [0.4, 0.5) is 0 Å². The number of benzene rings is 2. The normalized spacial score (nSPS) is 10.8. The van der Waals surface area contributed by atoms with Crippen LogP contribution in [0.5, 0.6) is 0 Å². The number of amides is 1. The van der Waals surface area contributed by atoms with Crippen molar-refractivity contribution in [1.29, 1.82) is 0 Å². The van der Waals surface area contributed by atoms with E-state index in [4.69, 9.17) is 4.74 Å². The van der Waals surface area contributed by atoms with E-state index in [-0.39, 0.29) is 5.91 Å². The van der Waals surface area contributed by atoms with E-state index in [0.29, 0.717) is 25.3 Å². The van der Waals surface area contributed by atoms with Gasteiger partial charge in [0.1, 0.15) is 0 Å². The summed E-state index contributed by atoms with van der Waals surface area (Å²) in [6.45, 7) is 9.06. The zero-order valence-corrected chi connectivity index (χ0v) is 15.2. The Hall–Kier alpha value is -2.17. The van der Waals surface area contributed by atoms with E-state index >= 15 is 0 Å². The summed E-state index contributed by atoms with van der Waals surface area (Å²) in [7, 11) is 0. The average molecular weight is 340 g/mol. The van der Waals surface area contributed by atoms with E-state index in [1.165, 1.54) is 0 Å². The third kappa shape index (κ3) is 6.33. The minimum atomic E-state index is -0.0630. The van der Waals surface area contributed by atoms with Gasteiger partial charge in [0.25, 0.3) is 5.91 Å². The van der Waals surface area contributed by atoms with Crippen LogP contribution in [0.2, 0.25) is 0 Å². The molecule has 0 saturated heterocycles. The van der Waals surface area contributed by atoms with Crippen molar-refractivity contribution in [3.8, 4) is 11.1 Å². The Kier molecular flexibility index (Phi) is 8.16. The second-order valence-electron chi connectivity index (χ2n) is 5.84. The molecule has 0 bridgehead atoms. The van der Waals surface area contributed by atoms with Crippen molar-refractivity contribution < 1.29 is 9.53 Å². The Morgan fingerprint density at radius 1 is 0.920 bits per heavy atom. The van der Waals surface area contributed by atoms with Gasteiger partial charge in [-0.2, -0.15) is 0 Å². The number of rotatable bonds is 10. The minimum absolute atomic E-state index is 0.0630. The highest BCUT2D eigenvalue weighted by Gasteiger charge is 2.05. The molecule has 0 fully saturated rings. The fourth-order valence-corrected chi connectivity index (χ4v) is 2.62. The molecule has 0 spiro atoms. The summed E-state index contributed by atoms with van der Waals surface area (Å²) in [6.07, 6.45) is 0. The van der Waals surface area contributed by atoms with Crippen molar-refractivity contribution in [2.45, 2.75) is 13.8 Å². The highest BCUT2D eigenvalue weighted by molar-refractivity contribution is 5.94. The SMILES string of the molecule is CCN(CC)CCOCCNC(=O)c1ccc(-c2ccccc2)cc1. The second-order valence-corrected chi connectivity index (χ2v) is 5.84. The van der Waals surface area contributed by atoms with Gasteiger partial charge in [-0.3, -0.25) is 4.79 Å². The van der Waals surface area contributed by atoms with Crippen LogP contribution in [0.15, 0.2) is 54.6 Å². The van der Waals surface area contributed by atoms with Gasteiger partial charge >= 0.3 is 0 Å². The standard InChI is InChI=1S/C21H28N2O2/c1-3-23(4-2)15-17-25-16-14-22-21(24)20-12-10-19(11-13-20)18-8-6-5-7-9-18/h5-13H,3-4,14-17H2,1-2H3,(H,22,24). The van der Waals surface area contributed by atoms with Crippen molar-refractivity contribution in [3.05, 3.63) is 60.2 Å². The Labute approximate surface area is 150 Å². The van der Waals surface area contributed by atoms with Crippen molar-refractivity contribution in [2.75, 3.05) is 39.4 Å². The maximum Gasteiger partial charge on any atom is 0.251 e. The molecule has 1 N–H and O–H groups in total. The molecule has 2 rings (SSSR count). The lowest BCUT2D eigenvalue weighted by Crippen LogP contribution is -2.30. The largest absolute Gasteiger partial charge is 0.378 e. The molecule has 1 amide bonds. The van der Waals surface area contributed by atoms with Crippen molar-refractivity contribution >= 4 is 5.91 Å². The van der Waals surface area contributed by atoms with Gasteiger partial charge in [-0.05, 0) is 36.3 Å². The van der Waals surface area contributed by atoms with Crippen molar-refractivity contribution in [1.82, 2.24) is 10.2 Å². The predicted molar refractivity (Wildman–Crippen MR) is 103 cm³/mol. The Bertz CT molecular complexity index is 622. The number of hydrogen-bond acceptors (Lipinski definition) is 3. The van der Waals surface area contributed by atoms with Crippen molar-refractivity contribution in [3.63, 3.8) is 0 Å². The Balaban J connectivity index is 1.71. The number of likely N-dealkylation sites (N-methyl/N-ethyl adjacent to an activating group) is 1. The first-order valence-corrected chi connectivity index (χ1v) is 8.98. The summed E-state index contributed by atoms with van der Waals surface area (Å²) in [6, 6.07) is 17.8. The quantitative estimate of drug-likeness (QED) is 0.674. The molecule has 0 atom stereocenters. The number of carbonyl (C=O) groups is 1. The maximum atomic E-state index is 12.2. The smallest absolute Gasteiger partial charge is 0.251 e. The molecule has 134 valence electrons. The lowest BCUT2D eigenvalue weighted by atomic mass is 10.0. The molecular formula is C21H28N2O2. The molecule has 0 heterocycles. The zero-order valence-electron chi connectivity index (χ0n) is 15.2. The van der Waals surface area contributed by atoms with E-state index in [0.717, 1.165) is 30.8 Å². The van der Waals surface area contributed by atoms with Gasteiger partial charge in [0.2, 0.25) is 0 Å². The molecule has 25 heavy (non-hydrogen) atoms. The van der Waals surface area contributed by atoms with Gasteiger partial charge in [-0.25, -0.2) is 0 Å². The van der Waals surface area contributed by atoms with Crippen LogP contribution in [0.25, 0.3) is 11.1 Å². The maximum absolute atomic E-state index is 12.2. The van der Waals surface area contributed by atoms with Gasteiger partial charge in [-0.1, -0.05) is 56.3 Å². The summed E-state index contributed by atoms with van der Waals surface area (Å²) in [5.41, 5.74) is 2.93. The molecule has 2 aromatic rings. The number of hydrogen-bond donors (Lipinski definition) is 1. The molecule has 0 aliphatic rings. The number of nitrogens with one attached hydrogen (secondary N) is 1. The Morgan fingerprint density at radius 3 is 2.20 bits per heavy atom. The molecule has 0 aromatic heterocycles. The van der Waals surface area contributed by atoms with Gasteiger partial charge < -0.3 is 15.0 Å². The van der Waals surface area contributed by atoms with Gasteiger partial charge in [0, 0.05) is 18.7 Å². The summed E-state index contributed by atoms with van der Waals surface area (Å²) in [5.74, 6) is -0.0630. The first-order valence-electron chi connectivity index (χ1n) is 8.98. The lowest BCUT2D eigenvalue weighted by Gasteiger charge is -2.17. The predicted octanol–water partition coefficient (Wildman–Crippen LogP) is 3.44. The van der Waals surface area contributed by atoms with Crippen LogP contribution in [-0.2, 0) is 4.74 Å². The average Bonchev–Trinajstić information content (AvgIpc) is 2.68. The molecule has 0 aliphatic heterocycles. The van der Waals surface area contributed by atoms with Crippen LogP contribution >= 0.6 is 0 Å². The van der Waals surface area contributed by atoms with E-state index in [1.807, 2.05) is 42.5 Å². The molecule has 0 saturated carbocycles. The van der Waals surface area contributed by atoms with E-state index in [1.54, 1.807) is 0 Å². The number of carbonyl (C=O) groups excluding carboxylic acids is 1. The molecule has 0 unspecified atom stereocenters. The monoisotopic (exact) mass is 340 g/mol. The molecule has 2 aromatic carbocycles. The summed E-state index contributed by atoms with van der Waals surface area (Å²) >= 11 is 0. The van der Waals surface area contributed by atoms with E-state index in [9.17, 15) is 4.79 Å². The first-order chi connectivity index (χ1) is 12.2. The molecule has 0 aliphatic carbocycles. The third-order valence-corrected chi connectivity index (χ3v) is 4.23. The fourth-order valence-electron chi connectivity index (χ4n) is 2.62. The highest BCUT2D eigenvalue weighted by atomic mass is 16.5. The number of ether oxygens (including phenoxy) is 1. The van der Waals surface area contributed by atoms with Crippen LogP contribution in [0.1, 0.15) is 24.2 Å². The topological polar surface area (TPSA) is 41.6 Å². The molecule has 0 radical (unpaired) electrons. The lowest BCUT2D eigenvalue weighted by molar-refractivity contribution is 0.0884. The Morgan fingerprint density at radius 2 is 1.56 bits per heavy atom. The van der Waals surface area contributed by atoms with Gasteiger partial charge in [0.05, 0.1) is 13.2 Å². The first kappa shape index (κ1) is 19.2.